The summed E-state index contributed by atoms with van der Waals surface area (Å²) in [5.74, 6) is 0. The van der Waals surface area contributed by atoms with Crippen LogP contribution in [-0.2, 0) is 0 Å². The Kier molecular flexibility index (Phi) is 6.26. The van der Waals surface area contributed by atoms with E-state index < -0.39 is 0 Å². The van der Waals surface area contributed by atoms with Gasteiger partial charge in [-0.05, 0) is 51.6 Å². The van der Waals surface area contributed by atoms with Gasteiger partial charge in [0, 0.05) is 18.7 Å². The minimum absolute atomic E-state index is 0. The first-order valence-electron chi connectivity index (χ1n) is 6.03. The van der Waals surface area contributed by atoms with Crippen molar-refractivity contribution < 1.29 is 5.11 Å². The van der Waals surface area contributed by atoms with E-state index >= 15 is 0 Å². The van der Waals surface area contributed by atoms with Crippen molar-refractivity contribution in [3.8, 4) is 0 Å². The Morgan fingerprint density at radius 2 is 1.81 bits per heavy atom. The van der Waals surface area contributed by atoms with Crippen LogP contribution in [0.25, 0.3) is 0 Å². The fraction of sp³-hybridized carbons (Fsp3) is 1.00. The van der Waals surface area contributed by atoms with Crippen molar-refractivity contribution in [2.24, 2.45) is 11.1 Å². The fourth-order valence-electron chi connectivity index (χ4n) is 2.39. The van der Waals surface area contributed by atoms with Crippen LogP contribution in [0.15, 0.2) is 0 Å². The number of rotatable bonds is 4. The third kappa shape index (κ3) is 4.58. The number of hydrogen-bond acceptors (Lipinski definition) is 3. The molecule has 0 saturated carbocycles. The lowest BCUT2D eigenvalue weighted by Crippen LogP contribution is -2.50. The van der Waals surface area contributed by atoms with Crippen LogP contribution in [0.5, 0.6) is 0 Å². The summed E-state index contributed by atoms with van der Waals surface area (Å²) in [6.45, 7) is 9.77. The van der Waals surface area contributed by atoms with E-state index in [0.717, 1.165) is 38.9 Å². The lowest BCUT2D eigenvalue weighted by Gasteiger charge is -2.42. The van der Waals surface area contributed by atoms with Crippen molar-refractivity contribution >= 4 is 12.4 Å². The van der Waals surface area contributed by atoms with Gasteiger partial charge < -0.3 is 15.7 Å². The maximum absolute atomic E-state index is 9.42. The molecule has 0 bridgehead atoms. The topological polar surface area (TPSA) is 49.5 Å². The molecule has 0 aromatic carbocycles. The summed E-state index contributed by atoms with van der Waals surface area (Å²) in [5, 5.41) is 9.42. The molecule has 0 atom stereocenters. The number of nitrogens with zero attached hydrogens (tertiary/aromatic N) is 1. The molecule has 1 aliphatic rings. The van der Waals surface area contributed by atoms with Gasteiger partial charge in [-0.3, -0.25) is 0 Å². The fourth-order valence-corrected chi connectivity index (χ4v) is 2.39. The highest BCUT2D eigenvalue weighted by Crippen LogP contribution is 2.34. The average Bonchev–Trinajstić information content (AvgIpc) is 2.17. The zero-order valence-electron chi connectivity index (χ0n) is 10.8. The second-order valence-electron chi connectivity index (χ2n) is 5.78. The zero-order valence-corrected chi connectivity index (χ0v) is 11.6. The van der Waals surface area contributed by atoms with Gasteiger partial charge in [0.2, 0.25) is 0 Å². The predicted octanol–water partition coefficient (Wildman–Crippen LogP) is 1.63. The average molecular weight is 251 g/mol. The summed E-state index contributed by atoms with van der Waals surface area (Å²) in [7, 11) is 0. The van der Waals surface area contributed by atoms with E-state index in [2.05, 4.69) is 25.7 Å². The molecule has 3 N–H and O–H groups in total. The molecule has 4 heteroatoms. The number of aliphatic hydroxyl groups is 1. The third-order valence-electron chi connectivity index (χ3n) is 3.63. The van der Waals surface area contributed by atoms with E-state index in [1.165, 1.54) is 0 Å². The highest BCUT2D eigenvalue weighted by molar-refractivity contribution is 5.85. The Morgan fingerprint density at radius 3 is 2.12 bits per heavy atom. The van der Waals surface area contributed by atoms with Gasteiger partial charge in [0.15, 0.2) is 0 Å². The molecule has 0 aromatic heterocycles. The van der Waals surface area contributed by atoms with Crippen molar-refractivity contribution in [1.29, 1.82) is 0 Å². The summed E-state index contributed by atoms with van der Waals surface area (Å²) < 4.78 is 0. The van der Waals surface area contributed by atoms with Crippen molar-refractivity contribution in [2.45, 2.75) is 45.6 Å². The van der Waals surface area contributed by atoms with Gasteiger partial charge in [0.25, 0.3) is 0 Å². The van der Waals surface area contributed by atoms with Crippen molar-refractivity contribution in [1.82, 2.24) is 4.90 Å². The number of piperidine rings is 1. The van der Waals surface area contributed by atoms with Crippen molar-refractivity contribution in [3.63, 3.8) is 0 Å². The van der Waals surface area contributed by atoms with E-state index in [4.69, 9.17) is 5.73 Å². The molecule has 1 heterocycles. The standard InChI is InChI=1S/C12H26N2O.ClH/c1-4-12(10-15)5-7-14(8-6-12)9-11(2,3)13;/h15H,4-10,13H2,1-3H3;1H. The maximum Gasteiger partial charge on any atom is 0.0488 e. The van der Waals surface area contributed by atoms with Gasteiger partial charge in [-0.15, -0.1) is 12.4 Å². The van der Waals surface area contributed by atoms with Crippen molar-refractivity contribution in [2.75, 3.05) is 26.2 Å². The minimum atomic E-state index is -0.106. The minimum Gasteiger partial charge on any atom is -0.396 e. The molecule has 0 spiro atoms. The number of hydrogen-bond donors (Lipinski definition) is 2. The van der Waals surface area contributed by atoms with E-state index in [-0.39, 0.29) is 23.4 Å². The van der Waals surface area contributed by atoms with E-state index in [0.29, 0.717) is 6.61 Å². The Bertz CT molecular complexity index is 190. The van der Waals surface area contributed by atoms with Crippen LogP contribution in [0.2, 0.25) is 0 Å². The normalized spacial score (nSPS) is 21.6. The van der Waals surface area contributed by atoms with Crippen LogP contribution in [0.4, 0.5) is 0 Å². The highest BCUT2D eigenvalue weighted by atomic mass is 35.5. The van der Waals surface area contributed by atoms with Gasteiger partial charge in [0.05, 0.1) is 0 Å². The summed E-state index contributed by atoms with van der Waals surface area (Å²) >= 11 is 0. The molecule has 3 nitrogen and oxygen atoms in total. The molecule has 98 valence electrons. The largest absolute Gasteiger partial charge is 0.396 e. The van der Waals surface area contributed by atoms with E-state index in [9.17, 15) is 5.11 Å². The SMILES string of the molecule is CCC1(CO)CCN(CC(C)(C)N)CC1.Cl. The van der Waals surface area contributed by atoms with Gasteiger partial charge in [-0.1, -0.05) is 6.92 Å². The Balaban J connectivity index is 0.00000225. The molecule has 1 fully saturated rings. The molecule has 0 radical (unpaired) electrons. The number of aliphatic hydroxyl groups excluding tert-OH is 1. The van der Waals surface area contributed by atoms with Crippen LogP contribution >= 0.6 is 12.4 Å². The predicted molar refractivity (Wildman–Crippen MR) is 71.0 cm³/mol. The van der Waals surface area contributed by atoms with Gasteiger partial charge in [0.1, 0.15) is 0 Å². The summed E-state index contributed by atoms with van der Waals surface area (Å²) in [5.41, 5.74) is 6.09. The van der Waals surface area contributed by atoms with Gasteiger partial charge in [-0.2, -0.15) is 0 Å². The Labute approximate surface area is 106 Å². The third-order valence-corrected chi connectivity index (χ3v) is 3.63. The van der Waals surface area contributed by atoms with Crippen LogP contribution in [0, 0.1) is 5.41 Å². The lowest BCUT2D eigenvalue weighted by molar-refractivity contribution is 0.0352. The quantitative estimate of drug-likeness (QED) is 0.798. The summed E-state index contributed by atoms with van der Waals surface area (Å²) in [6, 6.07) is 0. The van der Waals surface area contributed by atoms with Gasteiger partial charge in [-0.25, -0.2) is 0 Å². The Hall–Kier alpha value is 0.170. The lowest BCUT2D eigenvalue weighted by atomic mass is 9.77. The maximum atomic E-state index is 9.42. The summed E-state index contributed by atoms with van der Waals surface area (Å²) in [6.07, 6.45) is 3.30. The first-order chi connectivity index (χ1) is 6.91. The van der Waals surface area contributed by atoms with Crippen LogP contribution < -0.4 is 5.73 Å². The molecular formula is C12H27ClN2O. The number of nitrogens with two attached hydrogens (primary N) is 1. The molecule has 0 unspecified atom stereocenters. The molecule has 16 heavy (non-hydrogen) atoms. The molecule has 1 aliphatic heterocycles. The molecule has 1 saturated heterocycles. The Morgan fingerprint density at radius 1 is 1.31 bits per heavy atom. The molecule has 1 rings (SSSR count). The second kappa shape index (κ2) is 6.20. The molecule has 0 amide bonds. The highest BCUT2D eigenvalue weighted by Gasteiger charge is 2.33. The first kappa shape index (κ1) is 16.2. The first-order valence-corrected chi connectivity index (χ1v) is 6.03. The van der Waals surface area contributed by atoms with Crippen LogP contribution in [-0.4, -0.2) is 41.8 Å². The number of halogens is 1. The molecule has 0 aromatic rings. The van der Waals surface area contributed by atoms with E-state index in [1.807, 2.05) is 0 Å². The number of likely N-dealkylation sites (tertiary alicyclic amines) is 1. The van der Waals surface area contributed by atoms with Crippen molar-refractivity contribution in [3.05, 3.63) is 0 Å². The van der Waals surface area contributed by atoms with Crippen LogP contribution in [0.1, 0.15) is 40.0 Å². The molecular weight excluding hydrogens is 224 g/mol. The summed E-state index contributed by atoms with van der Waals surface area (Å²) in [4.78, 5) is 2.42. The molecule has 0 aliphatic carbocycles. The monoisotopic (exact) mass is 250 g/mol. The van der Waals surface area contributed by atoms with E-state index in [1.54, 1.807) is 0 Å². The zero-order chi connectivity index (χ0) is 11.5. The van der Waals surface area contributed by atoms with Gasteiger partial charge >= 0.3 is 0 Å². The van der Waals surface area contributed by atoms with Crippen LogP contribution in [0.3, 0.4) is 0 Å². The smallest absolute Gasteiger partial charge is 0.0488 e. The second-order valence-corrected chi connectivity index (χ2v) is 5.78.